The average molecular weight is 298 g/mol. The summed E-state index contributed by atoms with van der Waals surface area (Å²) < 4.78 is 40.5. The van der Waals surface area contributed by atoms with E-state index in [1.807, 2.05) is 6.08 Å². The molecular weight excluding hydrogens is 279 g/mol. The molecule has 0 radical (unpaired) electrons. The second kappa shape index (κ2) is 6.03. The SMILES string of the molecule is Cc1cc(F)cc(C)c1S(=O)(=O)NCC1=CCNCC1. The topological polar surface area (TPSA) is 58.2 Å². The first-order valence-corrected chi connectivity index (χ1v) is 8.03. The summed E-state index contributed by atoms with van der Waals surface area (Å²) in [5, 5.41) is 3.17. The Hall–Kier alpha value is -1.24. The lowest BCUT2D eigenvalue weighted by Gasteiger charge is -2.16. The summed E-state index contributed by atoms with van der Waals surface area (Å²) in [6.07, 6.45) is 2.83. The van der Waals surface area contributed by atoms with E-state index in [9.17, 15) is 12.8 Å². The molecular formula is C14H19FN2O2S. The Morgan fingerprint density at radius 2 is 1.95 bits per heavy atom. The van der Waals surface area contributed by atoms with Gasteiger partial charge in [0.25, 0.3) is 0 Å². The van der Waals surface area contributed by atoms with E-state index in [1.165, 1.54) is 12.1 Å². The van der Waals surface area contributed by atoms with Gasteiger partial charge in [0.05, 0.1) is 4.90 Å². The molecule has 2 rings (SSSR count). The van der Waals surface area contributed by atoms with Crippen molar-refractivity contribution >= 4 is 10.0 Å². The van der Waals surface area contributed by atoms with Gasteiger partial charge in [0.2, 0.25) is 10.0 Å². The molecule has 0 atom stereocenters. The number of hydrogen-bond acceptors (Lipinski definition) is 3. The predicted molar refractivity (Wildman–Crippen MR) is 76.6 cm³/mol. The molecule has 0 aromatic heterocycles. The van der Waals surface area contributed by atoms with Gasteiger partial charge in [0.1, 0.15) is 5.82 Å². The van der Waals surface area contributed by atoms with Crippen LogP contribution in [-0.4, -0.2) is 28.1 Å². The molecule has 1 aliphatic heterocycles. The van der Waals surface area contributed by atoms with Crippen LogP contribution in [0.25, 0.3) is 0 Å². The molecule has 0 spiro atoms. The lowest BCUT2D eigenvalue weighted by molar-refractivity contribution is 0.579. The van der Waals surface area contributed by atoms with Crippen molar-refractivity contribution in [3.05, 3.63) is 40.7 Å². The molecule has 1 aliphatic rings. The second-order valence-corrected chi connectivity index (χ2v) is 6.71. The van der Waals surface area contributed by atoms with Crippen LogP contribution in [0.3, 0.4) is 0 Å². The van der Waals surface area contributed by atoms with Crippen molar-refractivity contribution < 1.29 is 12.8 Å². The number of hydrogen-bond donors (Lipinski definition) is 2. The van der Waals surface area contributed by atoms with Crippen LogP contribution >= 0.6 is 0 Å². The minimum atomic E-state index is -3.62. The fraction of sp³-hybridized carbons (Fsp3) is 0.429. The van der Waals surface area contributed by atoms with Crippen molar-refractivity contribution in [1.29, 1.82) is 0 Å². The summed E-state index contributed by atoms with van der Waals surface area (Å²) in [5.41, 5.74) is 1.92. The van der Waals surface area contributed by atoms with Gasteiger partial charge in [0.15, 0.2) is 0 Å². The number of sulfonamides is 1. The van der Waals surface area contributed by atoms with Crippen LogP contribution in [0.5, 0.6) is 0 Å². The van der Waals surface area contributed by atoms with Crippen LogP contribution in [0.4, 0.5) is 4.39 Å². The third-order valence-corrected chi connectivity index (χ3v) is 5.05. The van der Waals surface area contributed by atoms with Crippen LogP contribution < -0.4 is 10.0 Å². The third-order valence-electron chi connectivity index (χ3n) is 3.34. The van der Waals surface area contributed by atoms with Gasteiger partial charge in [-0.1, -0.05) is 11.6 Å². The van der Waals surface area contributed by atoms with Gasteiger partial charge in [-0.05, 0) is 50.1 Å². The molecule has 110 valence electrons. The number of benzene rings is 1. The maximum atomic E-state index is 13.2. The van der Waals surface area contributed by atoms with E-state index in [0.29, 0.717) is 17.7 Å². The van der Waals surface area contributed by atoms with E-state index < -0.39 is 15.8 Å². The van der Waals surface area contributed by atoms with Crippen molar-refractivity contribution in [2.24, 2.45) is 0 Å². The molecule has 1 aromatic rings. The molecule has 0 saturated carbocycles. The van der Waals surface area contributed by atoms with Crippen LogP contribution in [0.2, 0.25) is 0 Å². The maximum absolute atomic E-state index is 13.2. The Labute approximate surface area is 119 Å². The molecule has 1 aromatic carbocycles. The maximum Gasteiger partial charge on any atom is 0.241 e. The lowest BCUT2D eigenvalue weighted by atomic mass is 10.1. The van der Waals surface area contributed by atoms with E-state index in [0.717, 1.165) is 25.1 Å². The first-order valence-electron chi connectivity index (χ1n) is 6.55. The monoisotopic (exact) mass is 298 g/mol. The molecule has 6 heteroatoms. The molecule has 1 heterocycles. The zero-order valence-corrected chi connectivity index (χ0v) is 12.5. The Balaban J connectivity index is 2.20. The summed E-state index contributed by atoms with van der Waals surface area (Å²) in [4.78, 5) is 0.174. The Morgan fingerprint density at radius 1 is 1.30 bits per heavy atom. The predicted octanol–water partition coefficient (Wildman–Crippen LogP) is 1.64. The van der Waals surface area contributed by atoms with Crippen LogP contribution in [-0.2, 0) is 10.0 Å². The van der Waals surface area contributed by atoms with Crippen molar-refractivity contribution in [2.75, 3.05) is 19.6 Å². The molecule has 0 unspecified atom stereocenters. The first kappa shape index (κ1) is 15.2. The second-order valence-electron chi connectivity index (χ2n) is 5.01. The van der Waals surface area contributed by atoms with Crippen molar-refractivity contribution in [1.82, 2.24) is 10.0 Å². The van der Waals surface area contributed by atoms with E-state index in [-0.39, 0.29) is 4.90 Å². The van der Waals surface area contributed by atoms with Crippen LogP contribution in [0.15, 0.2) is 28.7 Å². The summed E-state index contributed by atoms with van der Waals surface area (Å²) >= 11 is 0. The molecule has 2 N–H and O–H groups in total. The highest BCUT2D eigenvalue weighted by atomic mass is 32.2. The molecule has 0 fully saturated rings. The third kappa shape index (κ3) is 3.45. The smallest absolute Gasteiger partial charge is 0.241 e. The van der Waals surface area contributed by atoms with Crippen LogP contribution in [0.1, 0.15) is 17.5 Å². The van der Waals surface area contributed by atoms with Gasteiger partial charge in [-0.2, -0.15) is 0 Å². The minimum Gasteiger partial charge on any atom is -0.313 e. The summed E-state index contributed by atoms with van der Waals surface area (Å²) in [7, 11) is -3.62. The van der Waals surface area contributed by atoms with Gasteiger partial charge in [-0.25, -0.2) is 17.5 Å². The van der Waals surface area contributed by atoms with Crippen LogP contribution in [0, 0.1) is 19.7 Å². The van der Waals surface area contributed by atoms with Gasteiger partial charge in [-0.3, -0.25) is 0 Å². The molecule has 0 aliphatic carbocycles. The number of rotatable bonds is 4. The summed E-state index contributed by atoms with van der Waals surface area (Å²) in [6.45, 7) is 5.15. The van der Waals surface area contributed by atoms with Crippen molar-refractivity contribution in [3.63, 3.8) is 0 Å². The number of aryl methyl sites for hydroxylation is 2. The average Bonchev–Trinajstić information content (AvgIpc) is 2.36. The number of halogens is 1. The van der Waals surface area contributed by atoms with E-state index in [2.05, 4.69) is 10.0 Å². The quantitative estimate of drug-likeness (QED) is 0.831. The Morgan fingerprint density at radius 3 is 2.50 bits per heavy atom. The molecule has 0 amide bonds. The number of nitrogens with one attached hydrogen (secondary N) is 2. The minimum absolute atomic E-state index is 0.174. The molecule has 0 saturated heterocycles. The van der Waals surface area contributed by atoms with Crippen molar-refractivity contribution in [2.45, 2.75) is 25.2 Å². The fourth-order valence-corrected chi connectivity index (χ4v) is 3.90. The first-order chi connectivity index (χ1) is 9.40. The highest BCUT2D eigenvalue weighted by Gasteiger charge is 2.20. The molecule has 20 heavy (non-hydrogen) atoms. The fourth-order valence-electron chi connectivity index (χ4n) is 2.41. The normalized spacial score (nSPS) is 16.1. The van der Waals surface area contributed by atoms with Crippen molar-refractivity contribution in [3.8, 4) is 0 Å². The standard InChI is InChI=1S/C14H19FN2O2S/c1-10-7-13(15)8-11(2)14(10)20(18,19)17-9-12-3-5-16-6-4-12/h3,7-8,16-17H,4-6,9H2,1-2H3. The largest absolute Gasteiger partial charge is 0.313 e. The highest BCUT2D eigenvalue weighted by Crippen LogP contribution is 2.21. The Kier molecular flexibility index (Phi) is 4.57. The molecule has 0 bridgehead atoms. The summed E-state index contributed by atoms with van der Waals surface area (Å²) in [6, 6.07) is 2.48. The van der Waals surface area contributed by atoms with Gasteiger partial charge in [0, 0.05) is 13.1 Å². The zero-order chi connectivity index (χ0) is 14.8. The summed E-state index contributed by atoms with van der Waals surface area (Å²) in [5.74, 6) is -0.417. The molecule has 4 nitrogen and oxygen atoms in total. The van der Waals surface area contributed by atoms with E-state index in [4.69, 9.17) is 0 Å². The zero-order valence-electron chi connectivity index (χ0n) is 11.7. The van der Waals surface area contributed by atoms with Gasteiger partial charge in [-0.15, -0.1) is 0 Å². The van der Waals surface area contributed by atoms with E-state index >= 15 is 0 Å². The van der Waals surface area contributed by atoms with Gasteiger partial charge < -0.3 is 5.32 Å². The van der Waals surface area contributed by atoms with Gasteiger partial charge >= 0.3 is 0 Å². The van der Waals surface area contributed by atoms with E-state index in [1.54, 1.807) is 13.8 Å². The highest BCUT2D eigenvalue weighted by molar-refractivity contribution is 7.89. The lowest BCUT2D eigenvalue weighted by Crippen LogP contribution is -2.30. The Bertz CT molecular complexity index is 616.